The molecule has 36 heavy (non-hydrogen) atoms. The van der Waals surface area contributed by atoms with Crippen LogP contribution in [-0.4, -0.2) is 54.2 Å². The normalized spacial score (nSPS) is 33.4. The van der Waals surface area contributed by atoms with E-state index in [4.69, 9.17) is 4.74 Å². The molecule has 5 aliphatic rings. The third kappa shape index (κ3) is 5.69. The number of carbonyl (C=O) groups is 2. The molecule has 6 rings (SSSR count). The molecule has 200 valence electrons. The highest BCUT2D eigenvalue weighted by atomic mass is 32.1. The largest absolute Gasteiger partial charge is 0.475 e. The Morgan fingerprint density at radius 2 is 1.78 bits per heavy atom. The summed E-state index contributed by atoms with van der Waals surface area (Å²) in [6.45, 7) is 3.63. The third-order valence-corrected chi connectivity index (χ3v) is 9.89. The van der Waals surface area contributed by atoms with Crippen LogP contribution in [0.5, 0.6) is 5.06 Å². The molecule has 5 fully saturated rings. The molecule has 1 aliphatic heterocycles. The summed E-state index contributed by atoms with van der Waals surface area (Å²) in [7, 11) is 0. The van der Waals surface area contributed by atoms with E-state index in [1.807, 2.05) is 13.8 Å². The molecule has 3 atom stereocenters. The second-order valence-electron chi connectivity index (χ2n) is 11.6. The smallest absolute Gasteiger partial charge is 0.422 e. The number of rotatable bonds is 8. The van der Waals surface area contributed by atoms with E-state index in [-0.39, 0.29) is 40.4 Å². The van der Waals surface area contributed by atoms with Crippen molar-refractivity contribution in [1.82, 2.24) is 15.5 Å². The molecule has 6 nitrogen and oxygen atoms in total. The van der Waals surface area contributed by atoms with Gasteiger partial charge in [-0.05, 0) is 95.2 Å². The molecule has 1 saturated heterocycles. The molecule has 1 unspecified atom stereocenters. The number of ether oxygens (including phenoxy) is 1. The standard InChI is InChI=1S/C26H36F3N3O3S/c1-15(21-3-4-22(36-21)35-14-26(27,28)29)30-24(34)20-5-6-32(13-20)16(2)23(33)31-25-10-17-7-18(11-25)9-19(8-17)12-25/h3-4,15-20H,5-14H2,1-2H3,(H,30,34)(H,31,33)/t15-,16?,17?,18?,19?,20-,25?/m1/s1. The number of nitrogens with one attached hydrogen (secondary N) is 2. The van der Waals surface area contributed by atoms with Crippen molar-refractivity contribution in [3.05, 3.63) is 17.0 Å². The van der Waals surface area contributed by atoms with Crippen molar-refractivity contribution in [3.8, 4) is 5.06 Å². The monoisotopic (exact) mass is 527 g/mol. The van der Waals surface area contributed by atoms with Crippen LogP contribution in [0.3, 0.4) is 0 Å². The first kappa shape index (κ1) is 25.8. The number of hydrogen-bond donors (Lipinski definition) is 2. The summed E-state index contributed by atoms with van der Waals surface area (Å²) in [5.41, 5.74) is -0.0185. The lowest BCUT2D eigenvalue weighted by atomic mass is 9.53. The molecule has 4 aliphatic carbocycles. The molecule has 1 aromatic heterocycles. The van der Waals surface area contributed by atoms with Gasteiger partial charge >= 0.3 is 6.18 Å². The fourth-order valence-corrected chi connectivity index (χ4v) is 8.21. The fourth-order valence-electron chi connectivity index (χ4n) is 7.35. The first-order valence-electron chi connectivity index (χ1n) is 13.1. The van der Waals surface area contributed by atoms with Gasteiger partial charge in [0.1, 0.15) is 0 Å². The quantitative estimate of drug-likeness (QED) is 0.516. The Hall–Kier alpha value is -1.81. The van der Waals surface area contributed by atoms with E-state index in [0.29, 0.717) is 19.5 Å². The highest BCUT2D eigenvalue weighted by Crippen LogP contribution is 2.55. The van der Waals surface area contributed by atoms with E-state index < -0.39 is 12.8 Å². The Bertz CT molecular complexity index is 946. The lowest BCUT2D eigenvalue weighted by molar-refractivity contribution is -0.152. The Kier molecular flexibility index (Phi) is 7.04. The summed E-state index contributed by atoms with van der Waals surface area (Å²) in [5.74, 6) is 2.07. The summed E-state index contributed by atoms with van der Waals surface area (Å²) < 4.78 is 41.9. The van der Waals surface area contributed by atoms with Crippen LogP contribution in [0.15, 0.2) is 12.1 Å². The van der Waals surface area contributed by atoms with E-state index in [9.17, 15) is 22.8 Å². The van der Waals surface area contributed by atoms with Gasteiger partial charge in [-0.25, -0.2) is 0 Å². The zero-order valence-electron chi connectivity index (χ0n) is 20.9. The van der Waals surface area contributed by atoms with Crippen LogP contribution in [0, 0.1) is 23.7 Å². The maximum atomic E-state index is 13.2. The van der Waals surface area contributed by atoms with Crippen molar-refractivity contribution in [3.63, 3.8) is 0 Å². The molecule has 4 saturated carbocycles. The predicted octanol–water partition coefficient (Wildman–Crippen LogP) is 4.66. The zero-order chi connectivity index (χ0) is 25.7. The Labute approximate surface area is 214 Å². The van der Waals surface area contributed by atoms with Gasteiger partial charge in [0.05, 0.1) is 18.0 Å². The molecule has 1 aromatic rings. The van der Waals surface area contributed by atoms with Crippen molar-refractivity contribution in [1.29, 1.82) is 0 Å². The van der Waals surface area contributed by atoms with E-state index in [0.717, 1.165) is 53.2 Å². The van der Waals surface area contributed by atoms with E-state index in [1.165, 1.54) is 25.3 Å². The van der Waals surface area contributed by atoms with Gasteiger partial charge in [0, 0.05) is 17.0 Å². The summed E-state index contributed by atoms with van der Waals surface area (Å²) in [6.07, 6.45) is 3.64. The van der Waals surface area contributed by atoms with E-state index in [1.54, 1.807) is 6.07 Å². The van der Waals surface area contributed by atoms with E-state index in [2.05, 4.69) is 15.5 Å². The second-order valence-corrected chi connectivity index (χ2v) is 12.7. The number of carbonyl (C=O) groups excluding carboxylic acids is 2. The number of likely N-dealkylation sites (tertiary alicyclic amines) is 1. The van der Waals surface area contributed by atoms with Crippen LogP contribution in [0.25, 0.3) is 0 Å². The van der Waals surface area contributed by atoms with E-state index >= 15 is 0 Å². The van der Waals surface area contributed by atoms with Gasteiger partial charge in [0.25, 0.3) is 0 Å². The molecular weight excluding hydrogens is 491 g/mol. The minimum absolute atomic E-state index is 0.0185. The number of alkyl halides is 3. The van der Waals surface area contributed by atoms with Crippen LogP contribution in [0.4, 0.5) is 13.2 Å². The predicted molar refractivity (Wildman–Crippen MR) is 131 cm³/mol. The van der Waals surface area contributed by atoms with Crippen molar-refractivity contribution in [2.24, 2.45) is 23.7 Å². The second kappa shape index (κ2) is 9.82. The summed E-state index contributed by atoms with van der Waals surface area (Å²) in [4.78, 5) is 29.0. The van der Waals surface area contributed by atoms with Gasteiger partial charge in [-0.3, -0.25) is 14.5 Å². The summed E-state index contributed by atoms with van der Waals surface area (Å²) >= 11 is 1.10. The summed E-state index contributed by atoms with van der Waals surface area (Å²) in [5, 5.41) is 6.62. The van der Waals surface area contributed by atoms with Crippen molar-refractivity contribution in [2.75, 3.05) is 19.7 Å². The minimum atomic E-state index is -4.39. The molecule has 0 spiro atoms. The molecule has 4 bridgehead atoms. The van der Waals surface area contributed by atoms with Gasteiger partial charge < -0.3 is 15.4 Å². The number of amides is 2. The maximum Gasteiger partial charge on any atom is 0.422 e. The fraction of sp³-hybridized carbons (Fsp3) is 0.769. The number of halogens is 3. The summed E-state index contributed by atoms with van der Waals surface area (Å²) in [6, 6.07) is 2.56. The van der Waals surface area contributed by atoms with Gasteiger partial charge in [-0.1, -0.05) is 0 Å². The number of hydrogen-bond acceptors (Lipinski definition) is 5. The van der Waals surface area contributed by atoms with Crippen LogP contribution in [-0.2, 0) is 9.59 Å². The highest BCUT2D eigenvalue weighted by molar-refractivity contribution is 7.13. The van der Waals surface area contributed by atoms with Gasteiger partial charge in [-0.15, -0.1) is 11.3 Å². The van der Waals surface area contributed by atoms with Crippen LogP contribution >= 0.6 is 11.3 Å². The molecule has 2 heterocycles. The zero-order valence-corrected chi connectivity index (χ0v) is 21.7. The lowest BCUT2D eigenvalue weighted by Crippen LogP contribution is -2.62. The first-order valence-corrected chi connectivity index (χ1v) is 14.0. The average Bonchev–Trinajstić information content (AvgIpc) is 3.45. The lowest BCUT2D eigenvalue weighted by Gasteiger charge is -2.57. The third-order valence-electron chi connectivity index (χ3n) is 8.71. The molecular formula is C26H36F3N3O3S. The van der Waals surface area contributed by atoms with Crippen LogP contribution < -0.4 is 15.4 Å². The van der Waals surface area contributed by atoms with Crippen LogP contribution in [0.1, 0.15) is 69.7 Å². The van der Waals surface area contributed by atoms with Gasteiger partial charge in [0.2, 0.25) is 11.8 Å². The number of thiophene rings is 1. The molecule has 0 radical (unpaired) electrons. The molecule has 2 N–H and O–H groups in total. The molecule has 2 amide bonds. The van der Waals surface area contributed by atoms with Gasteiger partial charge in [0.15, 0.2) is 11.7 Å². The van der Waals surface area contributed by atoms with Crippen molar-refractivity contribution >= 4 is 23.2 Å². The first-order chi connectivity index (χ1) is 17.0. The SMILES string of the molecule is CC(C(=O)NC12CC3CC(CC(C3)C1)C2)N1CC[C@@H](C(=O)N[C@H](C)c2ccc(OCC(F)(F)F)s2)C1. The van der Waals surface area contributed by atoms with Gasteiger partial charge in [-0.2, -0.15) is 13.2 Å². The van der Waals surface area contributed by atoms with Crippen molar-refractivity contribution in [2.45, 2.75) is 82.6 Å². The molecule has 10 heteroatoms. The maximum absolute atomic E-state index is 13.2. The van der Waals surface area contributed by atoms with Crippen molar-refractivity contribution < 1.29 is 27.5 Å². The average molecular weight is 528 g/mol. The Morgan fingerprint density at radius 1 is 1.14 bits per heavy atom. The minimum Gasteiger partial charge on any atom is -0.475 e. The Balaban J connectivity index is 1.10. The topological polar surface area (TPSA) is 70.7 Å². The molecule has 0 aromatic carbocycles. The van der Waals surface area contributed by atoms with Crippen LogP contribution in [0.2, 0.25) is 0 Å². The Morgan fingerprint density at radius 3 is 2.39 bits per heavy atom. The number of nitrogens with zero attached hydrogens (tertiary/aromatic N) is 1. The highest BCUT2D eigenvalue weighted by Gasteiger charge is 2.52.